The molecule has 1 saturated heterocycles. The van der Waals surface area contributed by atoms with Crippen molar-refractivity contribution >= 4 is 18.4 Å². The smallest absolute Gasteiger partial charge is 0.360 e. The van der Waals surface area contributed by atoms with E-state index >= 15 is 0 Å². The van der Waals surface area contributed by atoms with Crippen molar-refractivity contribution in [2.45, 2.75) is 25.7 Å². The number of carbonyl (C=O) groups excluding carboxylic acids is 1. The van der Waals surface area contributed by atoms with E-state index in [2.05, 4.69) is 10.3 Å². The van der Waals surface area contributed by atoms with E-state index in [1.54, 1.807) is 6.92 Å². The molecular weight excluding hydrogens is 244 g/mol. The lowest BCUT2D eigenvalue weighted by atomic mass is 9.94. The average Bonchev–Trinajstić information content (AvgIpc) is 2.79. The van der Waals surface area contributed by atoms with Gasteiger partial charge in [0.1, 0.15) is 5.76 Å². The molecule has 0 radical (unpaired) electrons. The fourth-order valence-corrected chi connectivity index (χ4v) is 1.98. The molecule has 5 nitrogen and oxygen atoms in total. The summed E-state index contributed by atoms with van der Waals surface area (Å²) in [6.07, 6.45) is 3.27. The van der Waals surface area contributed by atoms with Gasteiger partial charge in [-0.25, -0.2) is 9.78 Å². The summed E-state index contributed by atoms with van der Waals surface area (Å²) in [7, 11) is 0. The van der Waals surface area contributed by atoms with Crippen LogP contribution in [0.1, 0.15) is 41.9 Å². The van der Waals surface area contributed by atoms with E-state index in [0.29, 0.717) is 18.1 Å². The van der Waals surface area contributed by atoms with Crippen LogP contribution >= 0.6 is 12.4 Å². The van der Waals surface area contributed by atoms with Crippen LogP contribution < -0.4 is 5.32 Å². The molecule has 1 aromatic heterocycles. The Hall–Kier alpha value is -1.07. The van der Waals surface area contributed by atoms with Crippen molar-refractivity contribution in [2.24, 2.45) is 0 Å². The highest BCUT2D eigenvalue weighted by molar-refractivity contribution is 5.88. The van der Waals surface area contributed by atoms with Gasteiger partial charge >= 0.3 is 5.97 Å². The molecule has 2 rings (SSSR count). The number of esters is 1. The lowest BCUT2D eigenvalue weighted by Crippen LogP contribution is -2.27. The highest BCUT2D eigenvalue weighted by Gasteiger charge is 2.26. The van der Waals surface area contributed by atoms with E-state index in [0.717, 1.165) is 25.9 Å². The standard InChI is InChI=1S/C11H16N2O3.ClH/c1-2-15-11(14)9-10(16-7-13-9)8-3-5-12-6-4-8;/h7-8,12H,2-6H2,1H3;1H. The Balaban J connectivity index is 0.00000144. The van der Waals surface area contributed by atoms with E-state index in [-0.39, 0.29) is 24.3 Å². The summed E-state index contributed by atoms with van der Waals surface area (Å²) < 4.78 is 10.3. The zero-order chi connectivity index (χ0) is 11.4. The van der Waals surface area contributed by atoms with Crippen LogP contribution in [0.4, 0.5) is 0 Å². The molecule has 0 aliphatic carbocycles. The first-order valence-corrected chi connectivity index (χ1v) is 5.64. The fraction of sp³-hybridized carbons (Fsp3) is 0.636. The van der Waals surface area contributed by atoms with Crippen LogP contribution in [-0.2, 0) is 4.74 Å². The van der Waals surface area contributed by atoms with Gasteiger partial charge in [0.2, 0.25) is 0 Å². The monoisotopic (exact) mass is 260 g/mol. The Morgan fingerprint density at radius 2 is 2.29 bits per heavy atom. The fourth-order valence-electron chi connectivity index (χ4n) is 1.98. The molecule has 0 unspecified atom stereocenters. The summed E-state index contributed by atoms with van der Waals surface area (Å²) in [4.78, 5) is 15.6. The number of carbonyl (C=O) groups is 1. The molecule has 0 bridgehead atoms. The number of piperidine rings is 1. The molecule has 0 spiro atoms. The lowest BCUT2D eigenvalue weighted by molar-refractivity contribution is 0.0516. The molecule has 0 atom stereocenters. The van der Waals surface area contributed by atoms with E-state index < -0.39 is 0 Å². The summed E-state index contributed by atoms with van der Waals surface area (Å²) in [5.74, 6) is 0.577. The predicted molar refractivity (Wildman–Crippen MR) is 64.6 cm³/mol. The van der Waals surface area contributed by atoms with E-state index in [1.807, 2.05) is 0 Å². The van der Waals surface area contributed by atoms with Gasteiger partial charge in [0.15, 0.2) is 12.1 Å². The third kappa shape index (κ3) is 3.20. The summed E-state index contributed by atoms with van der Waals surface area (Å²) in [6.45, 7) is 4.04. The van der Waals surface area contributed by atoms with Crippen LogP contribution in [0.2, 0.25) is 0 Å². The highest BCUT2D eigenvalue weighted by Crippen LogP contribution is 2.27. The average molecular weight is 261 g/mol. The molecule has 1 aliphatic rings. The molecule has 17 heavy (non-hydrogen) atoms. The number of halogens is 1. The molecule has 2 heterocycles. The zero-order valence-electron chi connectivity index (χ0n) is 9.77. The molecule has 1 aromatic rings. The Bertz CT molecular complexity index is 361. The first kappa shape index (κ1) is 14.0. The minimum absolute atomic E-state index is 0. The molecule has 0 aromatic carbocycles. The molecule has 1 aliphatic heterocycles. The molecule has 1 N–H and O–H groups in total. The largest absolute Gasteiger partial charge is 0.461 e. The number of hydrogen-bond donors (Lipinski definition) is 1. The van der Waals surface area contributed by atoms with Gasteiger partial charge in [-0.1, -0.05) is 0 Å². The second-order valence-corrected chi connectivity index (χ2v) is 3.81. The van der Waals surface area contributed by atoms with Crippen molar-refractivity contribution < 1.29 is 13.9 Å². The van der Waals surface area contributed by atoms with Gasteiger partial charge < -0.3 is 14.5 Å². The normalized spacial score (nSPS) is 16.3. The van der Waals surface area contributed by atoms with Gasteiger partial charge in [0.25, 0.3) is 0 Å². The Kier molecular flexibility index (Phi) is 5.44. The van der Waals surface area contributed by atoms with E-state index in [4.69, 9.17) is 9.15 Å². The minimum Gasteiger partial charge on any atom is -0.461 e. The molecular formula is C11H17ClN2O3. The lowest BCUT2D eigenvalue weighted by Gasteiger charge is -2.20. The number of hydrogen-bond acceptors (Lipinski definition) is 5. The summed E-state index contributed by atoms with van der Waals surface area (Å²) in [5.41, 5.74) is 0.341. The molecule has 0 amide bonds. The number of oxazole rings is 1. The molecule has 6 heteroatoms. The molecule has 0 saturated carbocycles. The number of aromatic nitrogens is 1. The van der Waals surface area contributed by atoms with Gasteiger partial charge in [-0.05, 0) is 32.9 Å². The van der Waals surface area contributed by atoms with Crippen LogP contribution in [0.3, 0.4) is 0 Å². The number of rotatable bonds is 3. The first-order chi connectivity index (χ1) is 7.83. The van der Waals surface area contributed by atoms with E-state index in [9.17, 15) is 4.79 Å². The number of nitrogens with zero attached hydrogens (tertiary/aromatic N) is 1. The zero-order valence-corrected chi connectivity index (χ0v) is 10.6. The Morgan fingerprint density at radius 3 is 2.94 bits per heavy atom. The van der Waals surface area contributed by atoms with Crippen LogP contribution in [0.25, 0.3) is 0 Å². The second-order valence-electron chi connectivity index (χ2n) is 3.81. The maximum Gasteiger partial charge on any atom is 0.360 e. The summed E-state index contributed by atoms with van der Waals surface area (Å²) >= 11 is 0. The number of ether oxygens (including phenoxy) is 1. The van der Waals surface area contributed by atoms with Crippen LogP contribution in [0.5, 0.6) is 0 Å². The van der Waals surface area contributed by atoms with E-state index in [1.165, 1.54) is 6.39 Å². The topological polar surface area (TPSA) is 64.4 Å². The van der Waals surface area contributed by atoms with Crippen molar-refractivity contribution in [1.29, 1.82) is 0 Å². The van der Waals surface area contributed by atoms with Crippen LogP contribution in [0, 0.1) is 0 Å². The van der Waals surface area contributed by atoms with Gasteiger partial charge in [-0.15, -0.1) is 12.4 Å². The van der Waals surface area contributed by atoms with Crippen LogP contribution in [-0.4, -0.2) is 30.6 Å². The summed E-state index contributed by atoms with van der Waals surface area (Å²) in [5, 5.41) is 3.27. The number of nitrogens with one attached hydrogen (secondary N) is 1. The minimum atomic E-state index is -0.384. The van der Waals surface area contributed by atoms with Gasteiger partial charge in [-0.3, -0.25) is 0 Å². The van der Waals surface area contributed by atoms with Crippen LogP contribution in [0.15, 0.2) is 10.8 Å². The van der Waals surface area contributed by atoms with Crippen molar-refractivity contribution in [3.63, 3.8) is 0 Å². The maximum absolute atomic E-state index is 11.6. The predicted octanol–water partition coefficient (Wildman–Crippen LogP) is 1.74. The quantitative estimate of drug-likeness (QED) is 0.839. The first-order valence-electron chi connectivity index (χ1n) is 5.64. The SMILES string of the molecule is CCOC(=O)c1ncoc1C1CCNCC1.Cl. The Morgan fingerprint density at radius 1 is 1.59 bits per heavy atom. The molecule has 1 fully saturated rings. The third-order valence-corrected chi connectivity index (χ3v) is 2.77. The Labute approximate surface area is 106 Å². The van der Waals surface area contributed by atoms with Gasteiger partial charge in [-0.2, -0.15) is 0 Å². The third-order valence-electron chi connectivity index (χ3n) is 2.77. The summed E-state index contributed by atoms with van der Waals surface area (Å²) in [6, 6.07) is 0. The maximum atomic E-state index is 11.6. The van der Waals surface area contributed by atoms with Gasteiger partial charge in [0.05, 0.1) is 6.61 Å². The highest BCUT2D eigenvalue weighted by atomic mass is 35.5. The van der Waals surface area contributed by atoms with Crippen molar-refractivity contribution in [3.8, 4) is 0 Å². The molecule has 96 valence electrons. The van der Waals surface area contributed by atoms with Gasteiger partial charge in [0, 0.05) is 5.92 Å². The van der Waals surface area contributed by atoms with Crippen molar-refractivity contribution in [3.05, 3.63) is 17.8 Å². The van der Waals surface area contributed by atoms with Crippen molar-refractivity contribution in [1.82, 2.24) is 10.3 Å². The van der Waals surface area contributed by atoms with Crippen molar-refractivity contribution in [2.75, 3.05) is 19.7 Å². The second kappa shape index (κ2) is 6.61.